The summed E-state index contributed by atoms with van der Waals surface area (Å²) in [5, 5.41) is 0. The number of aromatic nitrogens is 1. The second-order valence-corrected chi connectivity index (χ2v) is 4.13. The molecular weight excluding hydrogens is 204 g/mol. The number of nitrogens with one attached hydrogen (secondary N) is 1. The molecule has 0 aromatic carbocycles. The van der Waals surface area contributed by atoms with E-state index in [1.165, 1.54) is 5.56 Å². The number of nitrogen functional groups attached to an aromatic ring is 1. The van der Waals surface area contributed by atoms with Crippen LogP contribution >= 0.6 is 0 Å². The smallest absolute Gasteiger partial charge is 0.139 e. The molecule has 1 fully saturated rings. The summed E-state index contributed by atoms with van der Waals surface area (Å²) in [7, 11) is 2.12. The number of ether oxygens (including phenoxy) is 1. The van der Waals surface area contributed by atoms with Crippen molar-refractivity contribution in [2.24, 2.45) is 5.84 Å². The van der Waals surface area contributed by atoms with Crippen LogP contribution in [0.1, 0.15) is 12.0 Å². The molecule has 5 nitrogen and oxygen atoms in total. The van der Waals surface area contributed by atoms with Crippen LogP contribution in [0.2, 0.25) is 0 Å². The number of rotatable bonds is 4. The molecule has 1 aromatic rings. The molecular formula is C11H18N4O. The zero-order valence-corrected chi connectivity index (χ0v) is 9.52. The third kappa shape index (κ3) is 2.69. The van der Waals surface area contributed by atoms with Crippen molar-refractivity contribution in [2.75, 3.05) is 25.7 Å². The molecule has 5 heteroatoms. The lowest BCUT2D eigenvalue weighted by atomic mass is 10.2. The summed E-state index contributed by atoms with van der Waals surface area (Å²) in [6.07, 6.45) is 2.97. The van der Waals surface area contributed by atoms with Crippen LogP contribution in [-0.4, -0.2) is 36.2 Å². The highest BCUT2D eigenvalue weighted by Gasteiger charge is 2.20. The van der Waals surface area contributed by atoms with E-state index in [1.807, 2.05) is 18.3 Å². The highest BCUT2D eigenvalue weighted by atomic mass is 16.5. The first-order valence-electron chi connectivity index (χ1n) is 5.49. The van der Waals surface area contributed by atoms with Gasteiger partial charge in [-0.25, -0.2) is 10.8 Å². The summed E-state index contributed by atoms with van der Waals surface area (Å²) >= 11 is 0. The van der Waals surface area contributed by atoms with Crippen molar-refractivity contribution < 1.29 is 4.74 Å². The molecule has 1 saturated heterocycles. The van der Waals surface area contributed by atoms with Crippen molar-refractivity contribution >= 4 is 5.82 Å². The Balaban J connectivity index is 1.92. The van der Waals surface area contributed by atoms with E-state index >= 15 is 0 Å². The van der Waals surface area contributed by atoms with E-state index in [1.54, 1.807) is 0 Å². The van der Waals surface area contributed by atoms with E-state index in [0.717, 1.165) is 26.2 Å². The minimum atomic E-state index is 0.535. The summed E-state index contributed by atoms with van der Waals surface area (Å²) in [5.74, 6) is 5.95. The second-order valence-electron chi connectivity index (χ2n) is 4.13. The summed E-state index contributed by atoms with van der Waals surface area (Å²) < 4.78 is 5.37. The normalized spacial score (nSPS) is 20.3. The molecule has 2 rings (SSSR count). The van der Waals surface area contributed by atoms with Crippen LogP contribution < -0.4 is 11.3 Å². The molecule has 0 radical (unpaired) electrons. The fourth-order valence-electron chi connectivity index (χ4n) is 1.89. The monoisotopic (exact) mass is 222 g/mol. The summed E-state index contributed by atoms with van der Waals surface area (Å²) in [5.41, 5.74) is 3.71. The lowest BCUT2D eigenvalue weighted by Gasteiger charge is -2.22. The van der Waals surface area contributed by atoms with Gasteiger partial charge in [0.15, 0.2) is 0 Å². The summed E-state index contributed by atoms with van der Waals surface area (Å²) in [6.45, 7) is 2.61. The van der Waals surface area contributed by atoms with Gasteiger partial charge in [0.05, 0.1) is 6.61 Å². The van der Waals surface area contributed by atoms with Crippen molar-refractivity contribution in [3.05, 3.63) is 23.9 Å². The Labute approximate surface area is 95.6 Å². The lowest BCUT2D eigenvalue weighted by molar-refractivity contribution is 0.156. The van der Waals surface area contributed by atoms with Crippen LogP contribution in [0, 0.1) is 0 Å². The predicted octanol–water partition coefficient (Wildman–Crippen LogP) is 0.588. The maximum absolute atomic E-state index is 5.37. The SMILES string of the molecule is CN(Cc1ccc(NN)nc1)C1CCOC1. The van der Waals surface area contributed by atoms with Gasteiger partial charge < -0.3 is 10.2 Å². The minimum Gasteiger partial charge on any atom is -0.380 e. The average Bonchev–Trinajstić information content (AvgIpc) is 2.83. The second kappa shape index (κ2) is 5.25. The first-order valence-corrected chi connectivity index (χ1v) is 5.49. The fraction of sp³-hybridized carbons (Fsp3) is 0.545. The number of pyridine rings is 1. The molecule has 1 aliphatic heterocycles. The molecule has 0 aliphatic carbocycles. The number of hydrazine groups is 1. The van der Waals surface area contributed by atoms with Crippen LogP contribution in [0.15, 0.2) is 18.3 Å². The van der Waals surface area contributed by atoms with Gasteiger partial charge in [0.25, 0.3) is 0 Å². The third-order valence-electron chi connectivity index (χ3n) is 2.93. The van der Waals surface area contributed by atoms with Crippen molar-refractivity contribution in [3.63, 3.8) is 0 Å². The number of anilines is 1. The van der Waals surface area contributed by atoms with Crippen LogP contribution in [0.25, 0.3) is 0 Å². The Morgan fingerprint density at radius 3 is 3.06 bits per heavy atom. The van der Waals surface area contributed by atoms with Gasteiger partial charge in [-0.05, 0) is 25.1 Å². The minimum absolute atomic E-state index is 0.535. The molecule has 3 N–H and O–H groups in total. The molecule has 16 heavy (non-hydrogen) atoms. The van der Waals surface area contributed by atoms with E-state index in [0.29, 0.717) is 11.9 Å². The Hall–Kier alpha value is -1.17. The van der Waals surface area contributed by atoms with Gasteiger partial charge in [0.2, 0.25) is 0 Å². The van der Waals surface area contributed by atoms with E-state index in [-0.39, 0.29) is 0 Å². The van der Waals surface area contributed by atoms with E-state index in [4.69, 9.17) is 10.6 Å². The quantitative estimate of drug-likeness (QED) is 0.576. The van der Waals surface area contributed by atoms with Crippen molar-refractivity contribution in [3.8, 4) is 0 Å². The Morgan fingerprint density at radius 2 is 2.50 bits per heavy atom. The van der Waals surface area contributed by atoms with Crippen LogP contribution in [0.4, 0.5) is 5.82 Å². The average molecular weight is 222 g/mol. The zero-order chi connectivity index (χ0) is 11.4. The number of hydrogen-bond donors (Lipinski definition) is 2. The summed E-state index contributed by atoms with van der Waals surface area (Å²) in [6, 6.07) is 4.45. The van der Waals surface area contributed by atoms with E-state index in [2.05, 4.69) is 22.4 Å². The van der Waals surface area contributed by atoms with E-state index < -0.39 is 0 Å². The Bertz CT molecular complexity index is 321. The zero-order valence-electron chi connectivity index (χ0n) is 9.52. The molecule has 1 aromatic heterocycles. The molecule has 88 valence electrons. The van der Waals surface area contributed by atoms with Crippen molar-refractivity contribution in [2.45, 2.75) is 19.0 Å². The molecule has 0 spiro atoms. The fourth-order valence-corrected chi connectivity index (χ4v) is 1.89. The maximum Gasteiger partial charge on any atom is 0.139 e. The number of nitrogens with two attached hydrogens (primary N) is 1. The highest BCUT2D eigenvalue weighted by molar-refractivity contribution is 5.33. The van der Waals surface area contributed by atoms with Crippen molar-refractivity contribution in [1.82, 2.24) is 9.88 Å². The van der Waals surface area contributed by atoms with E-state index in [9.17, 15) is 0 Å². The third-order valence-corrected chi connectivity index (χ3v) is 2.93. The first kappa shape index (κ1) is 11.3. The van der Waals surface area contributed by atoms with Gasteiger partial charge in [0.1, 0.15) is 5.82 Å². The molecule has 2 heterocycles. The lowest BCUT2D eigenvalue weighted by Crippen LogP contribution is -2.31. The van der Waals surface area contributed by atoms with Gasteiger partial charge in [0, 0.05) is 25.4 Å². The standard InChI is InChI=1S/C11H18N4O/c1-15(10-4-5-16-8-10)7-9-2-3-11(14-12)13-6-9/h2-3,6,10H,4-5,7-8,12H2,1H3,(H,13,14). The van der Waals surface area contributed by atoms with Gasteiger partial charge >= 0.3 is 0 Å². The molecule has 0 saturated carbocycles. The highest BCUT2D eigenvalue weighted by Crippen LogP contribution is 2.14. The molecule has 0 bridgehead atoms. The van der Waals surface area contributed by atoms with Gasteiger partial charge in [-0.15, -0.1) is 0 Å². The first-order chi connectivity index (χ1) is 7.79. The molecule has 1 aliphatic rings. The Morgan fingerprint density at radius 1 is 1.62 bits per heavy atom. The van der Waals surface area contributed by atoms with Crippen LogP contribution in [0.3, 0.4) is 0 Å². The number of nitrogens with zero attached hydrogens (tertiary/aromatic N) is 2. The van der Waals surface area contributed by atoms with Crippen LogP contribution in [-0.2, 0) is 11.3 Å². The van der Waals surface area contributed by atoms with Crippen LogP contribution in [0.5, 0.6) is 0 Å². The molecule has 1 atom stereocenters. The summed E-state index contributed by atoms with van der Waals surface area (Å²) in [4.78, 5) is 6.49. The predicted molar refractivity (Wildman–Crippen MR) is 62.7 cm³/mol. The topological polar surface area (TPSA) is 63.4 Å². The number of hydrogen-bond acceptors (Lipinski definition) is 5. The van der Waals surface area contributed by atoms with Gasteiger partial charge in [-0.1, -0.05) is 6.07 Å². The van der Waals surface area contributed by atoms with Gasteiger partial charge in [-0.2, -0.15) is 0 Å². The maximum atomic E-state index is 5.37. The van der Waals surface area contributed by atoms with Gasteiger partial charge in [-0.3, -0.25) is 4.90 Å². The Kier molecular flexibility index (Phi) is 3.71. The molecule has 0 amide bonds. The number of likely N-dealkylation sites (N-methyl/N-ethyl adjacent to an activating group) is 1. The largest absolute Gasteiger partial charge is 0.380 e. The van der Waals surface area contributed by atoms with Crippen molar-refractivity contribution in [1.29, 1.82) is 0 Å². The molecule has 1 unspecified atom stereocenters.